The van der Waals surface area contributed by atoms with Gasteiger partial charge in [-0.15, -0.1) is 0 Å². The maximum Gasteiger partial charge on any atom is 0.252 e. The second-order valence-corrected chi connectivity index (χ2v) is 38.3. The normalized spacial score (nSPS) is 12.4. The van der Waals surface area contributed by atoms with Crippen LogP contribution in [0.3, 0.4) is 0 Å². The summed E-state index contributed by atoms with van der Waals surface area (Å²) in [5, 5.41) is 10.5. The minimum absolute atomic E-state index is 0.254. The first-order valence-corrected chi connectivity index (χ1v) is 42.8. The molecule has 2 aliphatic heterocycles. The Bertz CT molecular complexity index is 6090. The quantitative estimate of drug-likeness (QED) is 0.0703. The highest BCUT2D eigenvalue weighted by Gasteiger charge is 2.49. The van der Waals surface area contributed by atoms with E-state index in [-0.39, 0.29) is 12.1 Å². The Hall–Kier alpha value is -13.2. The third kappa shape index (κ3) is 12.1. The fraction of sp³-hybridized carbons (Fsp3) is 0.0377. The molecule has 0 spiro atoms. The van der Waals surface area contributed by atoms with E-state index < -0.39 is 16.1 Å². The van der Waals surface area contributed by atoms with Crippen molar-refractivity contribution in [2.24, 2.45) is 0 Å². The molecule has 0 fully saturated rings. The van der Waals surface area contributed by atoms with Crippen LogP contribution in [-0.4, -0.2) is 22.9 Å². The van der Waals surface area contributed by atoms with E-state index in [1.807, 2.05) is 0 Å². The smallest absolute Gasteiger partial charge is 0.252 e. The average molecular weight is 1450 g/mol. The fourth-order valence-corrected chi connectivity index (χ4v) is 27.6. The molecule has 19 rings (SSSR count). The van der Waals surface area contributed by atoms with Crippen LogP contribution >= 0.6 is 0 Å². The molecule has 2 nitrogen and oxygen atoms in total. The van der Waals surface area contributed by atoms with Crippen LogP contribution in [0, 0.1) is 0 Å². The molecule has 0 amide bonds. The lowest BCUT2D eigenvalue weighted by molar-refractivity contribution is 0.590. The van der Waals surface area contributed by atoms with Gasteiger partial charge in [0, 0.05) is 34.0 Å². The van der Waals surface area contributed by atoms with Gasteiger partial charge in [0.1, 0.15) is 0 Å². The van der Waals surface area contributed by atoms with Crippen molar-refractivity contribution < 1.29 is 0 Å². The van der Waals surface area contributed by atoms with Crippen molar-refractivity contribution in [3.05, 3.63) is 442 Å². The summed E-state index contributed by atoms with van der Waals surface area (Å²) < 4.78 is 0. The van der Waals surface area contributed by atoms with Crippen molar-refractivity contribution in [1.82, 2.24) is 0 Å². The maximum atomic E-state index is 2.71. The molecule has 0 aromatic heterocycles. The fourth-order valence-electron chi connectivity index (χ4n) is 18.0. The summed E-state index contributed by atoms with van der Waals surface area (Å²) in [4.78, 5) is 5.42. The number of anilines is 6. The van der Waals surface area contributed by atoms with Crippen LogP contribution in [0.15, 0.2) is 437 Å². The van der Waals surface area contributed by atoms with Crippen LogP contribution in [0.4, 0.5) is 34.1 Å². The van der Waals surface area contributed by atoms with Crippen LogP contribution in [0.25, 0.3) is 66.8 Å². The minimum atomic E-state index is -3.32. The lowest BCUT2D eigenvalue weighted by atomic mass is 9.33. The molecule has 0 aliphatic carbocycles. The van der Waals surface area contributed by atoms with E-state index in [9.17, 15) is 0 Å². The van der Waals surface area contributed by atoms with E-state index >= 15 is 0 Å². The van der Waals surface area contributed by atoms with Crippen LogP contribution in [0.1, 0.15) is 26.3 Å². The van der Waals surface area contributed by atoms with Gasteiger partial charge >= 0.3 is 0 Å². The Kier molecular flexibility index (Phi) is 17.7. The topological polar surface area (TPSA) is 6.48 Å². The Balaban J connectivity index is 0.968. The first-order chi connectivity index (χ1) is 54.7. The molecule has 0 atom stereocenters. The predicted octanol–water partition coefficient (Wildman–Crippen LogP) is 19.8. The van der Waals surface area contributed by atoms with Crippen molar-refractivity contribution in [2.75, 3.05) is 9.80 Å². The average Bonchev–Trinajstić information content (AvgIpc) is 0.690. The monoisotopic (exact) mass is 1450 g/mol. The first-order valence-electron chi connectivity index (χ1n) is 38.8. The van der Waals surface area contributed by atoms with E-state index in [0.717, 1.165) is 73.1 Å². The van der Waals surface area contributed by atoms with E-state index in [0.29, 0.717) is 0 Å². The van der Waals surface area contributed by atoms with Crippen molar-refractivity contribution in [1.29, 1.82) is 0 Å². The Morgan fingerprint density at radius 1 is 0.207 bits per heavy atom. The number of rotatable bonds is 16. The zero-order valence-electron chi connectivity index (χ0n) is 62.5. The highest BCUT2D eigenvalue weighted by atomic mass is 28.3. The molecule has 526 valence electrons. The van der Waals surface area contributed by atoms with Crippen LogP contribution in [-0.2, 0) is 5.41 Å². The first kappa shape index (κ1) is 68.4. The number of nitrogens with zero attached hydrogens (tertiary/aromatic N) is 2. The van der Waals surface area contributed by atoms with Gasteiger partial charge in [-0.1, -0.05) is 403 Å². The molecule has 0 unspecified atom stereocenters. The Morgan fingerprint density at radius 3 is 0.892 bits per heavy atom. The maximum absolute atomic E-state index is 3.32. The van der Waals surface area contributed by atoms with Gasteiger partial charge in [0.05, 0.1) is 5.69 Å². The van der Waals surface area contributed by atoms with Gasteiger partial charge in [0.2, 0.25) is 0 Å². The molecule has 2 heterocycles. The predicted molar refractivity (Wildman–Crippen MR) is 479 cm³/mol. The molecular weight excluding hydrogens is 1370 g/mol. The molecule has 17 aromatic carbocycles. The van der Waals surface area contributed by atoms with Crippen molar-refractivity contribution in [3.63, 3.8) is 0 Å². The molecule has 0 radical (unpaired) electrons. The van der Waals surface area contributed by atoms with Crippen molar-refractivity contribution in [2.45, 2.75) is 26.2 Å². The zero-order valence-corrected chi connectivity index (χ0v) is 64.5. The number of hydrogen-bond donors (Lipinski definition) is 0. The van der Waals surface area contributed by atoms with E-state index in [4.69, 9.17) is 0 Å². The molecule has 0 saturated carbocycles. The molecule has 17 aromatic rings. The molecule has 111 heavy (non-hydrogen) atoms. The second kappa shape index (κ2) is 28.8. The Morgan fingerprint density at radius 2 is 0.514 bits per heavy atom. The van der Waals surface area contributed by atoms with E-state index in [1.54, 1.807) is 0 Å². The van der Waals surface area contributed by atoms with Gasteiger partial charge in [0.25, 0.3) is 6.71 Å². The van der Waals surface area contributed by atoms with Crippen molar-refractivity contribution in [3.8, 4) is 66.8 Å². The number of fused-ring (bicyclic) bond motifs is 4. The summed E-state index contributed by atoms with van der Waals surface area (Å²) in [6.07, 6.45) is 0. The van der Waals surface area contributed by atoms with Crippen LogP contribution < -0.4 is 67.7 Å². The van der Waals surface area contributed by atoms with E-state index in [1.165, 1.54) is 91.3 Å². The molecule has 0 saturated heterocycles. The zero-order chi connectivity index (χ0) is 74.5. The summed E-state index contributed by atoms with van der Waals surface area (Å²) >= 11 is 0. The lowest BCUT2D eigenvalue weighted by Crippen LogP contribution is -2.75. The largest absolute Gasteiger partial charge is 0.311 e. The second-order valence-electron chi connectivity index (χ2n) is 30.7. The Labute approximate surface area is 655 Å². The summed E-state index contributed by atoms with van der Waals surface area (Å²) in [6, 6.07) is 166. The lowest BCUT2D eigenvalue weighted by Gasteiger charge is -2.46. The summed E-state index contributed by atoms with van der Waals surface area (Å²) in [5.41, 5.74) is 25.5. The van der Waals surface area contributed by atoms with Gasteiger partial charge in [-0.3, -0.25) is 0 Å². The molecule has 0 bridgehead atoms. The number of benzene rings is 17. The van der Waals surface area contributed by atoms with E-state index in [2.05, 4.69) is 467 Å². The van der Waals surface area contributed by atoms with Gasteiger partial charge in [-0.05, 0) is 185 Å². The summed E-state index contributed by atoms with van der Waals surface area (Å²) in [5.74, 6) is 0. The summed E-state index contributed by atoms with van der Waals surface area (Å²) in [7, 11) is -6.64. The third-order valence-corrected chi connectivity index (χ3v) is 32.8. The SMILES string of the molecule is CC(C)(C)c1cc2c3c(c1)N(c1ccc(-c4ccccc4)cc1-c1ccccc1)c1cc([Si](c4ccccc4)(c4ccccc4)c4cccc(-c5ccccc5)c4)ccc1B3c1ccc([Si](c3ccccc3)(c3ccccc3)c3cccc(-c4ccccc4)c3)cc1N2c1cc(-c2ccccc2)cc(-c2ccccc2)c1. The molecule has 2 aliphatic rings. The van der Waals surface area contributed by atoms with Crippen LogP contribution in [0.2, 0.25) is 0 Å². The molecule has 5 heteroatoms. The third-order valence-electron chi connectivity index (χ3n) is 23.3. The van der Waals surface area contributed by atoms with Gasteiger partial charge in [0.15, 0.2) is 16.1 Å². The highest BCUT2D eigenvalue weighted by molar-refractivity contribution is 7.21. The number of hydrogen-bond acceptors (Lipinski definition) is 2. The van der Waals surface area contributed by atoms with Gasteiger partial charge in [-0.2, -0.15) is 0 Å². The molecule has 0 N–H and O–H groups in total. The van der Waals surface area contributed by atoms with Crippen LogP contribution in [0.5, 0.6) is 0 Å². The highest BCUT2D eigenvalue weighted by Crippen LogP contribution is 2.50. The minimum Gasteiger partial charge on any atom is -0.311 e. The van der Waals surface area contributed by atoms with Gasteiger partial charge < -0.3 is 9.80 Å². The summed E-state index contributed by atoms with van der Waals surface area (Å²) in [6.45, 7) is 6.95. The van der Waals surface area contributed by atoms with Crippen molar-refractivity contribution >= 4 is 115 Å². The molecular formula is C106H81BN2Si2. The van der Waals surface area contributed by atoms with Gasteiger partial charge in [-0.25, -0.2) is 0 Å². The standard InChI is InChI=1S/C106H81BN2Si2/c1-106(2,3)87-72-103-105-104(73-87)109(100-65-60-84(78-40-18-6-19-41-78)71-97(100)81-46-24-9-25-47-81)102-75-96(111(91-54-30-12-31-55-91,92-56-32-13-33-57-92)94-59-35-49-83(70-94)77-38-16-5-17-39-77)62-64-99(102)107(105)98-63-61-95(74-101(98)108(103)88-67-85(79-42-20-7-21-43-79)66-86(68-88)80-44-22-8-23-45-80)110(89-50-26-10-27-51-89,90-52-28-11-29-53-90)93-58-34-48-82(69-93)76-36-14-4-15-37-76/h4-75H,1-3H3.